The van der Waals surface area contributed by atoms with Crippen LogP contribution in [0.25, 0.3) is 0 Å². The molecule has 0 radical (unpaired) electrons. The Labute approximate surface area is 125 Å². The predicted octanol–water partition coefficient (Wildman–Crippen LogP) is 2.43. The minimum atomic E-state index is -1.04. The van der Waals surface area contributed by atoms with E-state index in [1.807, 2.05) is 25.1 Å². The maximum absolute atomic E-state index is 12.0. The number of ether oxygens (including phenoxy) is 1. The third kappa shape index (κ3) is 4.48. The zero-order valence-corrected chi connectivity index (χ0v) is 13.2. The smallest absolute Gasteiger partial charge is 0.326 e. The van der Waals surface area contributed by atoms with Gasteiger partial charge >= 0.3 is 5.97 Å². The fraction of sp³-hybridized carbons (Fsp3) is 0.500. The van der Waals surface area contributed by atoms with Gasteiger partial charge in [0.2, 0.25) is 0 Å². The van der Waals surface area contributed by atoms with Crippen LogP contribution in [-0.4, -0.2) is 41.6 Å². The maximum Gasteiger partial charge on any atom is 0.326 e. The topological polar surface area (TPSA) is 66.8 Å². The average molecular weight is 293 g/mol. The summed E-state index contributed by atoms with van der Waals surface area (Å²) in [6.07, 6.45) is 0. The number of aryl methyl sites for hydroxylation is 1. The van der Waals surface area contributed by atoms with Crippen molar-refractivity contribution in [3.63, 3.8) is 0 Å². The summed E-state index contributed by atoms with van der Waals surface area (Å²) >= 11 is 0. The summed E-state index contributed by atoms with van der Waals surface area (Å²) in [6.45, 7) is 7.36. The van der Waals surface area contributed by atoms with Crippen molar-refractivity contribution in [1.82, 2.24) is 4.90 Å². The third-order valence-electron chi connectivity index (χ3n) is 3.47. The van der Waals surface area contributed by atoms with E-state index in [4.69, 9.17) is 9.84 Å². The van der Waals surface area contributed by atoms with Crippen LogP contribution in [0.3, 0.4) is 0 Å². The summed E-state index contributed by atoms with van der Waals surface area (Å²) in [5.74, 6) is -0.438. The SMILES string of the molecule is Cc1ccc(C(C)C)c(OCC(=O)N(C)C(C)C(=O)O)c1. The lowest BCUT2D eigenvalue weighted by Crippen LogP contribution is -2.42. The summed E-state index contributed by atoms with van der Waals surface area (Å²) in [7, 11) is 1.46. The standard InChI is InChI=1S/C16H23NO4/c1-10(2)13-7-6-11(3)8-14(13)21-9-15(18)17(5)12(4)16(19)20/h6-8,10,12H,9H2,1-5H3,(H,19,20). The molecule has 1 N–H and O–H groups in total. The van der Waals surface area contributed by atoms with Gasteiger partial charge in [-0.05, 0) is 37.0 Å². The largest absolute Gasteiger partial charge is 0.483 e. The molecule has 21 heavy (non-hydrogen) atoms. The number of aliphatic carboxylic acids is 1. The Balaban J connectivity index is 2.77. The summed E-state index contributed by atoms with van der Waals surface area (Å²) in [5, 5.41) is 8.91. The van der Waals surface area contributed by atoms with Crippen molar-refractivity contribution >= 4 is 11.9 Å². The summed E-state index contributed by atoms with van der Waals surface area (Å²) < 4.78 is 5.61. The number of nitrogens with zero attached hydrogens (tertiary/aromatic N) is 1. The fourth-order valence-electron chi connectivity index (χ4n) is 1.87. The Kier molecular flexibility index (Phi) is 5.76. The second-order valence-electron chi connectivity index (χ2n) is 5.50. The number of hydrogen-bond donors (Lipinski definition) is 1. The number of benzene rings is 1. The van der Waals surface area contributed by atoms with E-state index in [1.165, 1.54) is 18.9 Å². The molecule has 0 aliphatic heterocycles. The number of hydrogen-bond acceptors (Lipinski definition) is 3. The first kappa shape index (κ1) is 17.0. The van der Waals surface area contributed by atoms with E-state index >= 15 is 0 Å². The molecule has 0 aliphatic carbocycles. The molecular formula is C16H23NO4. The van der Waals surface area contributed by atoms with Gasteiger partial charge in [-0.15, -0.1) is 0 Å². The molecule has 1 rings (SSSR count). The molecule has 1 atom stereocenters. The van der Waals surface area contributed by atoms with Crippen LogP contribution in [0.1, 0.15) is 37.8 Å². The van der Waals surface area contributed by atoms with Gasteiger partial charge in [-0.1, -0.05) is 26.0 Å². The lowest BCUT2D eigenvalue weighted by molar-refractivity contribution is -0.148. The molecule has 1 unspecified atom stereocenters. The van der Waals surface area contributed by atoms with E-state index in [0.29, 0.717) is 5.75 Å². The van der Waals surface area contributed by atoms with Crippen molar-refractivity contribution in [1.29, 1.82) is 0 Å². The molecule has 5 nitrogen and oxygen atoms in total. The van der Waals surface area contributed by atoms with E-state index < -0.39 is 12.0 Å². The van der Waals surface area contributed by atoms with Crippen LogP contribution in [0.5, 0.6) is 5.75 Å². The van der Waals surface area contributed by atoms with E-state index in [-0.39, 0.29) is 18.4 Å². The number of carbonyl (C=O) groups excluding carboxylic acids is 1. The lowest BCUT2D eigenvalue weighted by atomic mass is 10.0. The molecule has 116 valence electrons. The number of carboxylic acids is 1. The fourth-order valence-corrected chi connectivity index (χ4v) is 1.87. The van der Waals surface area contributed by atoms with E-state index in [2.05, 4.69) is 13.8 Å². The molecule has 0 aliphatic rings. The molecule has 0 saturated heterocycles. The van der Waals surface area contributed by atoms with Gasteiger partial charge in [-0.2, -0.15) is 0 Å². The van der Waals surface area contributed by atoms with Crippen molar-refractivity contribution in [3.05, 3.63) is 29.3 Å². The maximum atomic E-state index is 12.0. The van der Waals surface area contributed by atoms with Gasteiger partial charge in [0.1, 0.15) is 11.8 Å². The molecular weight excluding hydrogens is 270 g/mol. The number of likely N-dealkylation sites (N-methyl/N-ethyl adjacent to an activating group) is 1. The van der Waals surface area contributed by atoms with Gasteiger partial charge in [-0.25, -0.2) is 4.79 Å². The molecule has 5 heteroatoms. The second kappa shape index (κ2) is 7.11. The van der Waals surface area contributed by atoms with Crippen molar-refractivity contribution in [2.45, 2.75) is 39.7 Å². The van der Waals surface area contributed by atoms with Crippen LogP contribution in [-0.2, 0) is 9.59 Å². The zero-order valence-electron chi connectivity index (χ0n) is 13.2. The normalized spacial score (nSPS) is 12.1. The Morgan fingerprint density at radius 1 is 1.29 bits per heavy atom. The molecule has 1 aromatic carbocycles. The first-order valence-electron chi connectivity index (χ1n) is 6.95. The highest BCUT2D eigenvalue weighted by atomic mass is 16.5. The second-order valence-corrected chi connectivity index (χ2v) is 5.50. The molecule has 1 amide bonds. The van der Waals surface area contributed by atoms with Crippen molar-refractivity contribution in [2.75, 3.05) is 13.7 Å². The quantitative estimate of drug-likeness (QED) is 0.874. The Hall–Kier alpha value is -2.04. The average Bonchev–Trinajstić information content (AvgIpc) is 2.42. The van der Waals surface area contributed by atoms with E-state index in [9.17, 15) is 9.59 Å². The highest BCUT2D eigenvalue weighted by molar-refractivity contribution is 5.84. The van der Waals surface area contributed by atoms with Crippen LogP contribution in [0.4, 0.5) is 0 Å². The number of carboxylic acid groups (broad SMARTS) is 1. The minimum Gasteiger partial charge on any atom is -0.483 e. The highest BCUT2D eigenvalue weighted by Gasteiger charge is 2.22. The number of carbonyl (C=O) groups is 2. The Morgan fingerprint density at radius 3 is 2.43 bits per heavy atom. The molecule has 0 bridgehead atoms. The lowest BCUT2D eigenvalue weighted by Gasteiger charge is -2.22. The number of amides is 1. The van der Waals surface area contributed by atoms with Gasteiger partial charge in [0.05, 0.1) is 0 Å². The minimum absolute atomic E-state index is 0.169. The monoisotopic (exact) mass is 293 g/mol. The van der Waals surface area contributed by atoms with Crippen molar-refractivity contribution in [3.8, 4) is 5.75 Å². The zero-order chi connectivity index (χ0) is 16.2. The summed E-state index contributed by atoms with van der Waals surface area (Å²) in [4.78, 5) is 24.0. The van der Waals surface area contributed by atoms with Crippen molar-refractivity contribution < 1.29 is 19.4 Å². The first-order chi connectivity index (χ1) is 9.73. The predicted molar refractivity (Wildman–Crippen MR) is 80.6 cm³/mol. The van der Waals surface area contributed by atoms with Gasteiger partial charge in [0, 0.05) is 7.05 Å². The van der Waals surface area contributed by atoms with Crippen molar-refractivity contribution in [2.24, 2.45) is 0 Å². The van der Waals surface area contributed by atoms with Gasteiger partial charge in [0.15, 0.2) is 6.61 Å². The Morgan fingerprint density at radius 2 is 1.90 bits per heavy atom. The van der Waals surface area contributed by atoms with E-state index in [0.717, 1.165) is 11.1 Å². The molecule has 0 saturated carbocycles. The number of rotatable bonds is 6. The van der Waals surface area contributed by atoms with Crippen LogP contribution in [0, 0.1) is 6.92 Å². The molecule has 0 heterocycles. The van der Waals surface area contributed by atoms with Crippen LogP contribution < -0.4 is 4.74 Å². The first-order valence-corrected chi connectivity index (χ1v) is 6.95. The van der Waals surface area contributed by atoms with Crippen LogP contribution in [0.15, 0.2) is 18.2 Å². The van der Waals surface area contributed by atoms with Gasteiger partial charge in [0.25, 0.3) is 5.91 Å². The summed E-state index contributed by atoms with van der Waals surface area (Å²) in [6, 6.07) is 5.01. The molecule has 0 aromatic heterocycles. The Bertz CT molecular complexity index is 525. The van der Waals surface area contributed by atoms with E-state index in [1.54, 1.807) is 0 Å². The van der Waals surface area contributed by atoms with Crippen LogP contribution >= 0.6 is 0 Å². The molecule has 0 fully saturated rings. The summed E-state index contributed by atoms with van der Waals surface area (Å²) in [5.41, 5.74) is 2.08. The van der Waals surface area contributed by atoms with Gasteiger partial charge < -0.3 is 14.7 Å². The molecule has 1 aromatic rings. The van der Waals surface area contributed by atoms with Crippen LogP contribution in [0.2, 0.25) is 0 Å². The molecule has 0 spiro atoms. The third-order valence-corrected chi connectivity index (χ3v) is 3.47. The van der Waals surface area contributed by atoms with Gasteiger partial charge in [-0.3, -0.25) is 4.79 Å². The highest BCUT2D eigenvalue weighted by Crippen LogP contribution is 2.27.